The highest BCUT2D eigenvalue weighted by molar-refractivity contribution is 9.10. The molecule has 1 aromatic rings. The topological polar surface area (TPSA) is 32.3 Å². The van der Waals surface area contributed by atoms with Crippen molar-refractivity contribution in [2.24, 2.45) is 5.92 Å². The third kappa shape index (κ3) is 3.99. The van der Waals surface area contributed by atoms with Crippen LogP contribution in [0.25, 0.3) is 0 Å². The van der Waals surface area contributed by atoms with E-state index in [4.69, 9.17) is 0 Å². The van der Waals surface area contributed by atoms with Gasteiger partial charge in [0.2, 0.25) is 0 Å². The van der Waals surface area contributed by atoms with Crippen molar-refractivity contribution in [2.75, 3.05) is 19.6 Å². The van der Waals surface area contributed by atoms with Gasteiger partial charge in [-0.3, -0.25) is 4.79 Å². The largest absolute Gasteiger partial charge is 0.339 e. The van der Waals surface area contributed by atoms with Gasteiger partial charge in [0, 0.05) is 29.2 Å². The minimum atomic E-state index is 0. The van der Waals surface area contributed by atoms with Crippen LogP contribution in [0.2, 0.25) is 0 Å². The molecule has 2 aliphatic rings. The van der Waals surface area contributed by atoms with E-state index in [2.05, 4.69) is 21.2 Å². The molecule has 3 rings (SSSR count). The van der Waals surface area contributed by atoms with Crippen molar-refractivity contribution in [3.8, 4) is 0 Å². The maximum atomic E-state index is 12.4. The predicted molar refractivity (Wildman–Crippen MR) is 91.0 cm³/mol. The van der Waals surface area contributed by atoms with Crippen LogP contribution in [0, 0.1) is 5.92 Å². The van der Waals surface area contributed by atoms with Crippen LogP contribution in [-0.4, -0.2) is 36.5 Å². The molecule has 0 radical (unpaired) electrons. The van der Waals surface area contributed by atoms with E-state index in [1.807, 2.05) is 29.2 Å². The minimum absolute atomic E-state index is 0. The van der Waals surface area contributed by atoms with Gasteiger partial charge in [0.15, 0.2) is 0 Å². The monoisotopic (exact) mass is 372 g/mol. The molecule has 0 aliphatic carbocycles. The van der Waals surface area contributed by atoms with Crippen LogP contribution in [0.4, 0.5) is 0 Å². The Hall–Kier alpha value is -0.580. The Morgan fingerprint density at radius 3 is 2.38 bits per heavy atom. The van der Waals surface area contributed by atoms with Gasteiger partial charge >= 0.3 is 0 Å². The minimum Gasteiger partial charge on any atom is -0.339 e. The van der Waals surface area contributed by atoms with Crippen LogP contribution in [0.5, 0.6) is 0 Å². The van der Waals surface area contributed by atoms with Crippen LogP contribution >= 0.6 is 28.3 Å². The molecule has 2 saturated heterocycles. The maximum Gasteiger partial charge on any atom is 0.253 e. The Morgan fingerprint density at radius 1 is 1.14 bits per heavy atom. The summed E-state index contributed by atoms with van der Waals surface area (Å²) < 4.78 is 1.01. The number of piperidine rings is 1. The van der Waals surface area contributed by atoms with Gasteiger partial charge in [-0.05, 0) is 62.4 Å². The summed E-state index contributed by atoms with van der Waals surface area (Å²) in [6.07, 6.45) is 4.90. The van der Waals surface area contributed by atoms with E-state index in [0.29, 0.717) is 6.04 Å². The maximum absolute atomic E-state index is 12.4. The van der Waals surface area contributed by atoms with E-state index in [9.17, 15) is 4.79 Å². The van der Waals surface area contributed by atoms with Crippen molar-refractivity contribution < 1.29 is 4.79 Å². The lowest BCUT2D eigenvalue weighted by Crippen LogP contribution is -2.43. The number of benzene rings is 1. The number of carbonyl (C=O) groups is 1. The molecule has 116 valence electrons. The zero-order valence-electron chi connectivity index (χ0n) is 12.1. The van der Waals surface area contributed by atoms with Gasteiger partial charge in [0.1, 0.15) is 0 Å². The standard InChI is InChI=1S/C16H21BrN2O.ClH/c17-14-5-3-13(4-6-14)16(20)19-10-7-12(8-11-19)15-2-1-9-18-15;/h3-6,12,15,18H,1-2,7-11H2;1H. The Morgan fingerprint density at radius 2 is 1.81 bits per heavy atom. The van der Waals surface area contributed by atoms with Crippen molar-refractivity contribution >= 4 is 34.2 Å². The molecule has 5 heteroatoms. The van der Waals surface area contributed by atoms with E-state index in [0.717, 1.165) is 41.9 Å². The second kappa shape index (κ2) is 7.61. The lowest BCUT2D eigenvalue weighted by molar-refractivity contribution is 0.0674. The molecule has 1 aromatic carbocycles. The SMILES string of the molecule is Cl.O=C(c1ccc(Br)cc1)N1CCC(C2CCCN2)CC1. The molecule has 0 aromatic heterocycles. The smallest absolute Gasteiger partial charge is 0.253 e. The highest BCUT2D eigenvalue weighted by Gasteiger charge is 2.30. The molecule has 3 nitrogen and oxygen atoms in total. The Labute approximate surface area is 141 Å². The number of nitrogens with one attached hydrogen (secondary N) is 1. The van der Waals surface area contributed by atoms with Gasteiger partial charge < -0.3 is 10.2 Å². The Kier molecular flexibility index (Phi) is 6.08. The predicted octanol–water partition coefficient (Wildman–Crippen LogP) is 3.48. The van der Waals surface area contributed by atoms with Crippen molar-refractivity contribution in [3.63, 3.8) is 0 Å². The fraction of sp³-hybridized carbons (Fsp3) is 0.562. The number of halogens is 2. The molecule has 2 fully saturated rings. The second-order valence-electron chi connectivity index (χ2n) is 5.84. The summed E-state index contributed by atoms with van der Waals surface area (Å²) in [6, 6.07) is 8.36. The number of likely N-dealkylation sites (tertiary alicyclic amines) is 1. The zero-order chi connectivity index (χ0) is 13.9. The number of carbonyl (C=O) groups excluding carboxylic acids is 1. The molecule has 0 saturated carbocycles. The van der Waals surface area contributed by atoms with Crippen LogP contribution in [0.15, 0.2) is 28.7 Å². The summed E-state index contributed by atoms with van der Waals surface area (Å²) in [5, 5.41) is 3.60. The molecule has 1 amide bonds. The van der Waals surface area contributed by atoms with Crippen LogP contribution in [-0.2, 0) is 0 Å². The van der Waals surface area contributed by atoms with Gasteiger partial charge in [-0.15, -0.1) is 12.4 Å². The van der Waals surface area contributed by atoms with Crippen LogP contribution in [0.1, 0.15) is 36.0 Å². The summed E-state index contributed by atoms with van der Waals surface area (Å²) in [5.74, 6) is 0.932. The van der Waals surface area contributed by atoms with E-state index in [-0.39, 0.29) is 18.3 Å². The summed E-state index contributed by atoms with van der Waals surface area (Å²) in [6.45, 7) is 2.97. The van der Waals surface area contributed by atoms with Gasteiger partial charge in [-0.2, -0.15) is 0 Å². The van der Waals surface area contributed by atoms with Crippen LogP contribution < -0.4 is 5.32 Å². The molecule has 0 bridgehead atoms. The highest BCUT2D eigenvalue weighted by Crippen LogP contribution is 2.26. The lowest BCUT2D eigenvalue weighted by atomic mass is 9.88. The van der Waals surface area contributed by atoms with E-state index in [1.54, 1.807) is 0 Å². The number of nitrogens with zero attached hydrogens (tertiary/aromatic N) is 1. The summed E-state index contributed by atoms with van der Waals surface area (Å²) >= 11 is 3.40. The zero-order valence-corrected chi connectivity index (χ0v) is 14.5. The first kappa shape index (κ1) is 16.8. The lowest BCUT2D eigenvalue weighted by Gasteiger charge is -2.35. The molecule has 1 N–H and O–H groups in total. The van der Waals surface area contributed by atoms with Crippen molar-refractivity contribution in [1.82, 2.24) is 10.2 Å². The molecule has 1 unspecified atom stereocenters. The highest BCUT2D eigenvalue weighted by atomic mass is 79.9. The van der Waals surface area contributed by atoms with E-state index >= 15 is 0 Å². The average molecular weight is 374 g/mol. The molecule has 21 heavy (non-hydrogen) atoms. The van der Waals surface area contributed by atoms with E-state index < -0.39 is 0 Å². The first-order valence-corrected chi connectivity index (χ1v) is 8.31. The number of hydrogen-bond donors (Lipinski definition) is 1. The fourth-order valence-corrected chi connectivity index (χ4v) is 3.66. The first-order chi connectivity index (χ1) is 9.74. The van der Waals surface area contributed by atoms with E-state index in [1.165, 1.54) is 19.4 Å². The summed E-state index contributed by atoms with van der Waals surface area (Å²) in [5.41, 5.74) is 0.797. The van der Waals surface area contributed by atoms with Gasteiger partial charge in [-0.1, -0.05) is 15.9 Å². The Balaban J connectivity index is 0.00000161. The quantitative estimate of drug-likeness (QED) is 0.861. The van der Waals surface area contributed by atoms with Gasteiger partial charge in [0.25, 0.3) is 5.91 Å². The van der Waals surface area contributed by atoms with Gasteiger partial charge in [-0.25, -0.2) is 0 Å². The molecular weight excluding hydrogens is 352 g/mol. The molecule has 0 spiro atoms. The van der Waals surface area contributed by atoms with Gasteiger partial charge in [0.05, 0.1) is 0 Å². The third-order valence-electron chi connectivity index (χ3n) is 4.59. The first-order valence-electron chi connectivity index (χ1n) is 7.52. The second-order valence-corrected chi connectivity index (χ2v) is 6.76. The average Bonchev–Trinajstić information content (AvgIpc) is 3.02. The van der Waals surface area contributed by atoms with Crippen molar-refractivity contribution in [1.29, 1.82) is 0 Å². The van der Waals surface area contributed by atoms with Crippen LogP contribution in [0.3, 0.4) is 0 Å². The fourth-order valence-electron chi connectivity index (χ4n) is 3.39. The van der Waals surface area contributed by atoms with Crippen molar-refractivity contribution in [3.05, 3.63) is 34.3 Å². The Bertz CT molecular complexity index is 466. The summed E-state index contributed by atoms with van der Waals surface area (Å²) in [7, 11) is 0. The number of rotatable bonds is 2. The third-order valence-corrected chi connectivity index (χ3v) is 5.11. The summed E-state index contributed by atoms with van der Waals surface area (Å²) in [4.78, 5) is 14.4. The normalized spacial score (nSPS) is 22.9. The number of hydrogen-bond acceptors (Lipinski definition) is 2. The van der Waals surface area contributed by atoms with Crippen molar-refractivity contribution in [2.45, 2.75) is 31.7 Å². The molecule has 1 atom stereocenters. The molecule has 2 heterocycles. The molecule has 2 aliphatic heterocycles. The molecular formula is C16H22BrClN2O. The number of amides is 1.